The van der Waals surface area contributed by atoms with Crippen LogP contribution in [0.25, 0.3) is 0 Å². The van der Waals surface area contributed by atoms with E-state index in [1.807, 2.05) is 29.2 Å². The van der Waals surface area contributed by atoms with Crippen molar-refractivity contribution in [2.75, 3.05) is 45.8 Å². The van der Waals surface area contributed by atoms with Gasteiger partial charge in [-0.25, -0.2) is 0 Å². The molecule has 1 amide bonds. The number of fused-ring (bicyclic) bond motifs is 3. The number of halogens is 1. The first kappa shape index (κ1) is 16.4. The zero-order valence-electron chi connectivity index (χ0n) is 14.2. The van der Waals surface area contributed by atoms with Crippen LogP contribution in [0.3, 0.4) is 0 Å². The molecule has 1 aromatic rings. The minimum Gasteiger partial charge on any atom is -0.340 e. The van der Waals surface area contributed by atoms with E-state index >= 15 is 0 Å². The molecule has 4 aliphatic heterocycles. The highest BCUT2D eigenvalue weighted by Gasteiger charge is 2.38. The van der Waals surface area contributed by atoms with Gasteiger partial charge in [-0.05, 0) is 49.5 Å². The van der Waals surface area contributed by atoms with Gasteiger partial charge in [0.15, 0.2) is 0 Å². The maximum absolute atomic E-state index is 12.5. The second-order valence-corrected chi connectivity index (χ2v) is 7.87. The lowest BCUT2D eigenvalue weighted by molar-refractivity contribution is -0.133. The molecular weight excluding hydrogens is 322 g/mol. The van der Waals surface area contributed by atoms with Gasteiger partial charge < -0.3 is 9.80 Å². The summed E-state index contributed by atoms with van der Waals surface area (Å²) >= 11 is 6.01. The molecule has 0 saturated carbocycles. The molecule has 4 saturated heterocycles. The smallest absolute Gasteiger partial charge is 0.227 e. The van der Waals surface area contributed by atoms with Crippen LogP contribution in [0.5, 0.6) is 0 Å². The largest absolute Gasteiger partial charge is 0.340 e. The number of carbonyl (C=O) groups excluding carboxylic acids is 1. The number of amides is 1. The van der Waals surface area contributed by atoms with Crippen molar-refractivity contribution in [2.45, 2.75) is 25.3 Å². The van der Waals surface area contributed by atoms with Crippen LogP contribution in [0.1, 0.15) is 18.4 Å². The van der Waals surface area contributed by atoms with E-state index in [0.717, 1.165) is 43.7 Å². The Labute approximate surface area is 149 Å². The molecule has 4 aliphatic rings. The second kappa shape index (κ2) is 7.03. The Balaban J connectivity index is 1.30. The first-order valence-electron chi connectivity index (χ1n) is 9.18. The highest BCUT2D eigenvalue weighted by molar-refractivity contribution is 6.30. The van der Waals surface area contributed by atoms with Crippen molar-refractivity contribution in [2.24, 2.45) is 5.92 Å². The number of piperidine rings is 3. The van der Waals surface area contributed by atoms with Gasteiger partial charge in [-0.15, -0.1) is 0 Å². The van der Waals surface area contributed by atoms with Gasteiger partial charge in [-0.1, -0.05) is 23.7 Å². The molecule has 2 bridgehead atoms. The molecule has 1 atom stereocenters. The third-order valence-electron chi connectivity index (χ3n) is 6.00. The van der Waals surface area contributed by atoms with Crippen LogP contribution in [0.15, 0.2) is 24.3 Å². The number of benzene rings is 1. The number of nitrogens with zero attached hydrogens (tertiary/aromatic N) is 3. The molecule has 0 radical (unpaired) electrons. The Bertz CT molecular complexity index is 592. The summed E-state index contributed by atoms with van der Waals surface area (Å²) in [6.45, 7) is 7.59. The minimum absolute atomic E-state index is 0.228. The molecule has 4 fully saturated rings. The first-order chi connectivity index (χ1) is 11.7. The summed E-state index contributed by atoms with van der Waals surface area (Å²) in [4.78, 5) is 19.8. The lowest BCUT2D eigenvalue weighted by Gasteiger charge is -2.51. The van der Waals surface area contributed by atoms with Crippen molar-refractivity contribution in [3.63, 3.8) is 0 Å². The third kappa shape index (κ3) is 3.46. The Morgan fingerprint density at radius 3 is 2.46 bits per heavy atom. The third-order valence-corrected chi connectivity index (χ3v) is 6.24. The zero-order valence-corrected chi connectivity index (χ0v) is 14.9. The summed E-state index contributed by atoms with van der Waals surface area (Å²) in [6.07, 6.45) is 3.18. The van der Waals surface area contributed by atoms with Gasteiger partial charge in [-0.2, -0.15) is 0 Å². The number of hydrogen-bond donors (Lipinski definition) is 0. The van der Waals surface area contributed by atoms with Crippen LogP contribution < -0.4 is 0 Å². The number of hydrogen-bond acceptors (Lipinski definition) is 3. The van der Waals surface area contributed by atoms with Gasteiger partial charge in [0.2, 0.25) is 5.91 Å². The Kier molecular flexibility index (Phi) is 4.79. The van der Waals surface area contributed by atoms with E-state index in [2.05, 4.69) is 9.80 Å². The van der Waals surface area contributed by atoms with E-state index in [4.69, 9.17) is 11.6 Å². The molecule has 1 aromatic carbocycles. The number of piperazine rings is 1. The Hall–Kier alpha value is -1.10. The van der Waals surface area contributed by atoms with Crippen molar-refractivity contribution in [3.8, 4) is 0 Å². The fourth-order valence-corrected chi connectivity index (χ4v) is 4.80. The quantitative estimate of drug-likeness (QED) is 0.838. The van der Waals surface area contributed by atoms with Gasteiger partial charge in [0.25, 0.3) is 0 Å². The van der Waals surface area contributed by atoms with Crippen molar-refractivity contribution < 1.29 is 4.79 Å². The van der Waals surface area contributed by atoms with Gasteiger partial charge in [0.05, 0.1) is 6.42 Å². The normalized spacial score (nSPS) is 30.5. The monoisotopic (exact) mass is 347 g/mol. The van der Waals surface area contributed by atoms with Crippen LogP contribution in [0, 0.1) is 5.92 Å². The highest BCUT2D eigenvalue weighted by Crippen LogP contribution is 2.31. The van der Waals surface area contributed by atoms with E-state index in [-0.39, 0.29) is 5.91 Å². The average molecular weight is 348 g/mol. The summed E-state index contributed by atoms with van der Waals surface area (Å²) in [7, 11) is 0. The second-order valence-electron chi connectivity index (χ2n) is 7.43. The summed E-state index contributed by atoms with van der Waals surface area (Å²) < 4.78 is 0. The van der Waals surface area contributed by atoms with E-state index < -0.39 is 0 Å². The maximum Gasteiger partial charge on any atom is 0.227 e. The van der Waals surface area contributed by atoms with Gasteiger partial charge in [0.1, 0.15) is 0 Å². The molecule has 4 nitrogen and oxygen atoms in total. The van der Waals surface area contributed by atoms with Crippen molar-refractivity contribution in [3.05, 3.63) is 34.9 Å². The molecule has 5 rings (SSSR count). The van der Waals surface area contributed by atoms with E-state index in [9.17, 15) is 4.79 Å². The van der Waals surface area contributed by atoms with Crippen LogP contribution in [-0.4, -0.2) is 72.5 Å². The van der Waals surface area contributed by atoms with E-state index in [1.165, 1.54) is 32.5 Å². The summed E-state index contributed by atoms with van der Waals surface area (Å²) in [5.41, 5.74) is 1.01. The molecule has 4 heterocycles. The standard InChI is InChI=1S/C19H26ClN3O/c20-17-3-1-2-15(12-17)13-19(24)23-10-8-22(9-11-23)18-14-21-6-4-16(18)5-7-21/h1-3,12,16,18H,4-11,13-14H2/t18-/m0/s1. The molecule has 0 unspecified atom stereocenters. The van der Waals surface area contributed by atoms with E-state index in [1.54, 1.807) is 0 Å². The lowest BCUT2D eigenvalue weighted by Crippen LogP contribution is -2.61. The van der Waals surface area contributed by atoms with Crippen molar-refractivity contribution in [1.29, 1.82) is 0 Å². The Morgan fingerprint density at radius 2 is 1.83 bits per heavy atom. The fraction of sp³-hybridized carbons (Fsp3) is 0.632. The van der Waals surface area contributed by atoms with Crippen LogP contribution in [0.2, 0.25) is 5.02 Å². The molecule has 0 N–H and O–H groups in total. The molecule has 130 valence electrons. The summed E-state index contributed by atoms with van der Waals surface area (Å²) in [5, 5.41) is 0.701. The molecule has 5 heteroatoms. The fourth-order valence-electron chi connectivity index (χ4n) is 4.58. The van der Waals surface area contributed by atoms with Crippen molar-refractivity contribution in [1.82, 2.24) is 14.7 Å². The highest BCUT2D eigenvalue weighted by atomic mass is 35.5. The predicted octanol–water partition coefficient (Wildman–Crippen LogP) is 2.12. The summed E-state index contributed by atoms with van der Waals surface area (Å²) in [6, 6.07) is 8.35. The molecule has 24 heavy (non-hydrogen) atoms. The van der Waals surface area contributed by atoms with Gasteiger partial charge in [0, 0.05) is 43.8 Å². The van der Waals surface area contributed by atoms with Crippen molar-refractivity contribution >= 4 is 17.5 Å². The molecule has 0 aromatic heterocycles. The first-order valence-corrected chi connectivity index (χ1v) is 9.55. The van der Waals surface area contributed by atoms with Crippen LogP contribution >= 0.6 is 11.6 Å². The van der Waals surface area contributed by atoms with Gasteiger partial charge in [-0.3, -0.25) is 9.69 Å². The number of carbonyl (C=O) groups is 1. The van der Waals surface area contributed by atoms with Gasteiger partial charge >= 0.3 is 0 Å². The molecular formula is C19H26ClN3O. The Morgan fingerprint density at radius 1 is 1.08 bits per heavy atom. The molecule has 0 spiro atoms. The zero-order chi connectivity index (χ0) is 16.5. The van der Waals surface area contributed by atoms with Crippen LogP contribution in [0.4, 0.5) is 0 Å². The van der Waals surface area contributed by atoms with Crippen LogP contribution in [-0.2, 0) is 11.2 Å². The maximum atomic E-state index is 12.5. The minimum atomic E-state index is 0.228. The predicted molar refractivity (Wildman–Crippen MR) is 96.3 cm³/mol. The SMILES string of the molecule is O=C(Cc1cccc(Cl)c1)N1CCN([C@H]2CN3CCC2CC3)CC1. The summed E-state index contributed by atoms with van der Waals surface area (Å²) in [5.74, 6) is 1.11. The van der Waals surface area contributed by atoms with E-state index in [0.29, 0.717) is 11.4 Å². The topological polar surface area (TPSA) is 26.8 Å². The number of rotatable bonds is 3. The molecule has 0 aliphatic carbocycles. The average Bonchev–Trinajstić information content (AvgIpc) is 2.63. The lowest BCUT2D eigenvalue weighted by atomic mass is 9.83.